The third-order valence-corrected chi connectivity index (χ3v) is 4.33. The summed E-state index contributed by atoms with van der Waals surface area (Å²) in [5.74, 6) is 0.352. The molecule has 0 aromatic carbocycles. The van der Waals surface area contributed by atoms with Crippen molar-refractivity contribution in [2.24, 2.45) is 11.1 Å². The van der Waals surface area contributed by atoms with Crippen molar-refractivity contribution in [3.63, 3.8) is 0 Å². The number of likely N-dealkylation sites (tertiary alicyclic amines) is 1. The summed E-state index contributed by atoms with van der Waals surface area (Å²) >= 11 is 0. The Labute approximate surface area is 98.4 Å². The van der Waals surface area contributed by atoms with E-state index in [0.29, 0.717) is 18.9 Å². The summed E-state index contributed by atoms with van der Waals surface area (Å²) in [5.41, 5.74) is 6.05. The molecule has 0 spiro atoms. The van der Waals surface area contributed by atoms with Gasteiger partial charge in [-0.05, 0) is 37.6 Å². The molecule has 0 bridgehead atoms. The molecule has 1 aliphatic carbocycles. The van der Waals surface area contributed by atoms with Crippen LogP contribution in [-0.4, -0.2) is 30.4 Å². The van der Waals surface area contributed by atoms with Crippen LogP contribution in [0.25, 0.3) is 0 Å². The second-order valence-electron chi connectivity index (χ2n) is 5.53. The minimum absolute atomic E-state index is 0.137. The quantitative estimate of drug-likeness (QED) is 0.796. The first-order chi connectivity index (χ1) is 7.76. The SMILES string of the molecule is NCC1(CC(=O)N2CCCC2)CCCCC1. The Kier molecular flexibility index (Phi) is 3.85. The summed E-state index contributed by atoms with van der Waals surface area (Å²) in [6.07, 6.45) is 9.20. The minimum Gasteiger partial charge on any atom is -0.343 e. The molecular weight excluding hydrogens is 200 g/mol. The van der Waals surface area contributed by atoms with Crippen LogP contribution in [0.5, 0.6) is 0 Å². The van der Waals surface area contributed by atoms with Crippen LogP contribution in [0.2, 0.25) is 0 Å². The standard InChI is InChI=1S/C13H24N2O/c14-11-13(6-2-1-3-7-13)10-12(16)15-8-4-5-9-15/h1-11,14H2. The lowest BCUT2D eigenvalue weighted by molar-refractivity contribution is -0.133. The highest BCUT2D eigenvalue weighted by Gasteiger charge is 2.34. The summed E-state index contributed by atoms with van der Waals surface area (Å²) in [4.78, 5) is 14.2. The Bertz CT molecular complexity index is 240. The van der Waals surface area contributed by atoms with Crippen LogP contribution in [0.3, 0.4) is 0 Å². The average Bonchev–Trinajstić information content (AvgIpc) is 2.84. The zero-order valence-corrected chi connectivity index (χ0v) is 10.2. The summed E-state index contributed by atoms with van der Waals surface area (Å²) in [5, 5.41) is 0. The number of hydrogen-bond donors (Lipinski definition) is 1. The highest BCUT2D eigenvalue weighted by atomic mass is 16.2. The van der Waals surface area contributed by atoms with Gasteiger partial charge in [0.05, 0.1) is 0 Å². The van der Waals surface area contributed by atoms with Gasteiger partial charge in [0.15, 0.2) is 0 Å². The van der Waals surface area contributed by atoms with Gasteiger partial charge in [0, 0.05) is 19.5 Å². The van der Waals surface area contributed by atoms with Crippen molar-refractivity contribution in [3.05, 3.63) is 0 Å². The van der Waals surface area contributed by atoms with Gasteiger partial charge in [-0.1, -0.05) is 19.3 Å². The van der Waals surface area contributed by atoms with Crippen LogP contribution < -0.4 is 5.73 Å². The van der Waals surface area contributed by atoms with E-state index in [9.17, 15) is 4.79 Å². The molecule has 0 aromatic rings. The summed E-state index contributed by atoms with van der Waals surface area (Å²) in [6.45, 7) is 2.63. The molecule has 2 rings (SSSR count). The van der Waals surface area contributed by atoms with Crippen molar-refractivity contribution < 1.29 is 4.79 Å². The van der Waals surface area contributed by atoms with E-state index >= 15 is 0 Å². The van der Waals surface area contributed by atoms with Crippen LogP contribution >= 0.6 is 0 Å². The topological polar surface area (TPSA) is 46.3 Å². The van der Waals surface area contributed by atoms with Crippen LogP contribution in [0, 0.1) is 5.41 Å². The molecule has 3 nitrogen and oxygen atoms in total. The molecule has 2 N–H and O–H groups in total. The third kappa shape index (κ3) is 2.57. The second-order valence-corrected chi connectivity index (χ2v) is 5.53. The van der Waals surface area contributed by atoms with Crippen molar-refractivity contribution in [2.45, 2.75) is 51.4 Å². The third-order valence-electron chi connectivity index (χ3n) is 4.33. The van der Waals surface area contributed by atoms with Crippen LogP contribution in [0.1, 0.15) is 51.4 Å². The number of nitrogens with zero attached hydrogens (tertiary/aromatic N) is 1. The monoisotopic (exact) mass is 224 g/mol. The molecule has 1 aliphatic heterocycles. The second kappa shape index (κ2) is 5.17. The predicted octanol–water partition coefficient (Wildman–Crippen LogP) is 1.91. The fraction of sp³-hybridized carbons (Fsp3) is 0.923. The Morgan fingerprint density at radius 3 is 2.25 bits per heavy atom. The largest absolute Gasteiger partial charge is 0.343 e. The molecule has 1 amide bonds. The van der Waals surface area contributed by atoms with Gasteiger partial charge in [-0.3, -0.25) is 4.79 Å². The first-order valence-corrected chi connectivity index (χ1v) is 6.74. The molecule has 0 unspecified atom stereocenters. The molecular formula is C13H24N2O. The van der Waals surface area contributed by atoms with Crippen LogP contribution in [0.15, 0.2) is 0 Å². The van der Waals surface area contributed by atoms with Crippen molar-refractivity contribution >= 4 is 5.91 Å². The first-order valence-electron chi connectivity index (χ1n) is 6.74. The lowest BCUT2D eigenvalue weighted by Crippen LogP contribution is -2.39. The van der Waals surface area contributed by atoms with Crippen molar-refractivity contribution in [1.82, 2.24) is 4.90 Å². The van der Waals surface area contributed by atoms with E-state index in [1.807, 2.05) is 4.90 Å². The van der Waals surface area contributed by atoms with E-state index in [4.69, 9.17) is 5.73 Å². The molecule has 1 saturated heterocycles. The van der Waals surface area contributed by atoms with Gasteiger partial charge in [0.2, 0.25) is 5.91 Å². The molecule has 16 heavy (non-hydrogen) atoms. The maximum atomic E-state index is 12.1. The molecule has 3 heteroatoms. The highest BCUT2D eigenvalue weighted by molar-refractivity contribution is 5.77. The van der Waals surface area contributed by atoms with Crippen molar-refractivity contribution in [2.75, 3.05) is 19.6 Å². The molecule has 0 atom stereocenters. The fourth-order valence-electron chi connectivity index (χ4n) is 3.15. The molecule has 0 aromatic heterocycles. The zero-order chi connectivity index (χ0) is 11.4. The molecule has 2 aliphatic rings. The molecule has 1 heterocycles. The molecule has 1 saturated carbocycles. The summed E-state index contributed by atoms with van der Waals surface area (Å²) < 4.78 is 0. The molecule has 92 valence electrons. The van der Waals surface area contributed by atoms with E-state index in [-0.39, 0.29) is 5.41 Å². The number of amides is 1. The fourth-order valence-corrected chi connectivity index (χ4v) is 3.15. The van der Waals surface area contributed by atoms with Crippen molar-refractivity contribution in [1.29, 1.82) is 0 Å². The normalized spacial score (nSPS) is 24.7. The van der Waals surface area contributed by atoms with Gasteiger partial charge in [-0.25, -0.2) is 0 Å². The van der Waals surface area contributed by atoms with Gasteiger partial charge in [0.1, 0.15) is 0 Å². The number of carbonyl (C=O) groups is 1. The van der Waals surface area contributed by atoms with Crippen LogP contribution in [-0.2, 0) is 4.79 Å². The van der Waals surface area contributed by atoms with Crippen molar-refractivity contribution in [3.8, 4) is 0 Å². The summed E-state index contributed by atoms with van der Waals surface area (Å²) in [6, 6.07) is 0. The summed E-state index contributed by atoms with van der Waals surface area (Å²) in [7, 11) is 0. The number of carbonyl (C=O) groups excluding carboxylic acids is 1. The van der Waals surface area contributed by atoms with E-state index in [0.717, 1.165) is 25.9 Å². The lowest BCUT2D eigenvalue weighted by atomic mass is 9.71. The van der Waals surface area contributed by atoms with E-state index in [1.54, 1.807) is 0 Å². The van der Waals surface area contributed by atoms with Gasteiger partial charge in [0.25, 0.3) is 0 Å². The number of rotatable bonds is 3. The Morgan fingerprint density at radius 1 is 1.06 bits per heavy atom. The highest BCUT2D eigenvalue weighted by Crippen LogP contribution is 2.38. The maximum Gasteiger partial charge on any atom is 0.223 e. The maximum absolute atomic E-state index is 12.1. The van der Waals surface area contributed by atoms with E-state index in [2.05, 4.69) is 0 Å². The minimum atomic E-state index is 0.137. The molecule has 0 radical (unpaired) electrons. The molecule has 2 fully saturated rings. The van der Waals surface area contributed by atoms with Gasteiger partial charge >= 0.3 is 0 Å². The number of hydrogen-bond acceptors (Lipinski definition) is 2. The van der Waals surface area contributed by atoms with Gasteiger partial charge < -0.3 is 10.6 Å². The lowest BCUT2D eigenvalue weighted by Gasteiger charge is -2.36. The Hall–Kier alpha value is -0.570. The smallest absolute Gasteiger partial charge is 0.223 e. The zero-order valence-electron chi connectivity index (χ0n) is 10.2. The predicted molar refractivity (Wildman–Crippen MR) is 65.0 cm³/mol. The Morgan fingerprint density at radius 2 is 1.69 bits per heavy atom. The van der Waals surface area contributed by atoms with E-state index in [1.165, 1.54) is 32.1 Å². The Balaban J connectivity index is 1.91. The van der Waals surface area contributed by atoms with Gasteiger partial charge in [-0.15, -0.1) is 0 Å². The van der Waals surface area contributed by atoms with Crippen LogP contribution in [0.4, 0.5) is 0 Å². The van der Waals surface area contributed by atoms with E-state index < -0.39 is 0 Å². The average molecular weight is 224 g/mol. The number of nitrogens with two attached hydrogens (primary N) is 1. The first kappa shape index (κ1) is 11.9. The van der Waals surface area contributed by atoms with Gasteiger partial charge in [-0.2, -0.15) is 0 Å².